The monoisotopic (exact) mass is 459 g/mol. The van der Waals surface area contributed by atoms with Crippen LogP contribution in [0, 0.1) is 0 Å². The minimum Gasteiger partial charge on any atom is -0.455 e. The van der Waals surface area contributed by atoms with Crippen LogP contribution in [0.2, 0.25) is 0 Å². The minimum atomic E-state index is 0.924. The van der Waals surface area contributed by atoms with E-state index in [2.05, 4.69) is 114 Å². The van der Waals surface area contributed by atoms with E-state index in [-0.39, 0.29) is 0 Å². The van der Waals surface area contributed by atoms with Crippen molar-refractivity contribution in [2.45, 2.75) is 0 Å². The first kappa shape index (κ1) is 19.5. The highest BCUT2D eigenvalue weighted by Gasteiger charge is 2.14. The Balaban J connectivity index is 1.32. The molecule has 0 radical (unpaired) electrons. The zero-order valence-corrected chi connectivity index (χ0v) is 19.5. The molecule has 0 amide bonds. The summed E-state index contributed by atoms with van der Waals surface area (Å²) in [6, 6.07) is 43.3. The van der Waals surface area contributed by atoms with Gasteiger partial charge in [0.2, 0.25) is 0 Å². The predicted molar refractivity (Wildman–Crippen MR) is 151 cm³/mol. The number of hydrogen-bond acceptors (Lipinski definition) is 1. The zero-order valence-electron chi connectivity index (χ0n) is 19.5. The second-order valence-electron chi connectivity index (χ2n) is 9.49. The van der Waals surface area contributed by atoms with Gasteiger partial charge in [0.25, 0.3) is 0 Å². The first-order valence-electron chi connectivity index (χ1n) is 12.3. The predicted octanol–water partition coefficient (Wildman–Crippen LogP) is 9.71. The number of fused-ring (bicyclic) bond motifs is 7. The van der Waals surface area contributed by atoms with Gasteiger partial charge in [-0.15, -0.1) is 0 Å². The third-order valence-electron chi connectivity index (χ3n) is 7.40. The Bertz CT molecular complexity index is 2110. The molecule has 0 saturated heterocycles. The summed E-state index contributed by atoms with van der Waals surface area (Å²) in [4.78, 5) is 3.60. The van der Waals surface area contributed by atoms with E-state index in [1.54, 1.807) is 0 Å². The molecular formula is C34H21NO. The van der Waals surface area contributed by atoms with Gasteiger partial charge in [-0.1, -0.05) is 84.9 Å². The maximum Gasteiger partial charge on any atom is 0.143 e. The molecule has 0 spiro atoms. The summed E-state index contributed by atoms with van der Waals surface area (Å²) in [6.07, 6.45) is 0. The number of furan rings is 1. The van der Waals surface area contributed by atoms with Crippen LogP contribution in [-0.4, -0.2) is 4.98 Å². The van der Waals surface area contributed by atoms with Crippen LogP contribution in [0.1, 0.15) is 0 Å². The molecule has 0 saturated carbocycles. The summed E-state index contributed by atoms with van der Waals surface area (Å²) in [7, 11) is 0. The molecule has 0 aliphatic heterocycles. The average Bonchev–Trinajstić information content (AvgIpc) is 3.50. The van der Waals surface area contributed by atoms with Crippen molar-refractivity contribution in [1.82, 2.24) is 4.98 Å². The number of hydrogen-bond donors (Lipinski definition) is 1. The molecule has 6 aromatic carbocycles. The van der Waals surface area contributed by atoms with Crippen LogP contribution < -0.4 is 0 Å². The maximum absolute atomic E-state index is 6.32. The summed E-state index contributed by atoms with van der Waals surface area (Å²) in [5.74, 6) is 0. The van der Waals surface area contributed by atoms with E-state index >= 15 is 0 Å². The van der Waals surface area contributed by atoms with Gasteiger partial charge in [0.15, 0.2) is 0 Å². The number of aromatic amines is 1. The van der Waals surface area contributed by atoms with Gasteiger partial charge in [0.1, 0.15) is 11.2 Å². The van der Waals surface area contributed by atoms with Crippen molar-refractivity contribution in [3.8, 4) is 22.3 Å². The van der Waals surface area contributed by atoms with Crippen LogP contribution in [0.15, 0.2) is 126 Å². The Kier molecular flexibility index (Phi) is 3.97. The molecule has 36 heavy (non-hydrogen) atoms. The lowest BCUT2D eigenvalue weighted by Gasteiger charge is -2.06. The molecule has 0 unspecified atom stereocenters. The Morgan fingerprint density at radius 3 is 2.00 bits per heavy atom. The molecule has 168 valence electrons. The third-order valence-corrected chi connectivity index (χ3v) is 7.40. The normalized spacial score (nSPS) is 11.9. The van der Waals surface area contributed by atoms with Crippen molar-refractivity contribution in [1.29, 1.82) is 0 Å². The highest BCUT2D eigenvalue weighted by molar-refractivity contribution is 6.13. The van der Waals surface area contributed by atoms with Crippen LogP contribution >= 0.6 is 0 Å². The number of benzene rings is 6. The third kappa shape index (κ3) is 2.85. The smallest absolute Gasteiger partial charge is 0.143 e. The first-order valence-corrected chi connectivity index (χ1v) is 12.3. The highest BCUT2D eigenvalue weighted by atomic mass is 16.3. The molecule has 0 aliphatic carbocycles. The van der Waals surface area contributed by atoms with E-state index in [1.807, 2.05) is 12.1 Å². The lowest BCUT2D eigenvalue weighted by atomic mass is 9.98. The van der Waals surface area contributed by atoms with Crippen molar-refractivity contribution in [2.75, 3.05) is 0 Å². The van der Waals surface area contributed by atoms with E-state index in [9.17, 15) is 0 Å². The molecule has 8 rings (SSSR count). The largest absolute Gasteiger partial charge is 0.455 e. The maximum atomic E-state index is 6.32. The molecule has 2 heterocycles. The molecule has 0 bridgehead atoms. The fourth-order valence-electron chi connectivity index (χ4n) is 5.59. The Labute approximate surface area is 207 Å². The van der Waals surface area contributed by atoms with Gasteiger partial charge >= 0.3 is 0 Å². The van der Waals surface area contributed by atoms with Crippen LogP contribution in [-0.2, 0) is 0 Å². The van der Waals surface area contributed by atoms with Crippen molar-refractivity contribution >= 4 is 54.5 Å². The Hall–Kier alpha value is -4.82. The van der Waals surface area contributed by atoms with Crippen molar-refractivity contribution in [2.24, 2.45) is 0 Å². The van der Waals surface area contributed by atoms with Gasteiger partial charge in [-0.3, -0.25) is 0 Å². The van der Waals surface area contributed by atoms with E-state index in [4.69, 9.17) is 4.42 Å². The van der Waals surface area contributed by atoms with Crippen LogP contribution in [0.5, 0.6) is 0 Å². The van der Waals surface area contributed by atoms with Gasteiger partial charge in [0, 0.05) is 38.1 Å². The Morgan fingerprint density at radius 2 is 1.11 bits per heavy atom. The lowest BCUT2D eigenvalue weighted by molar-refractivity contribution is 0.670. The fourth-order valence-corrected chi connectivity index (χ4v) is 5.59. The molecule has 2 aromatic heterocycles. The molecule has 0 atom stereocenters. The van der Waals surface area contributed by atoms with Gasteiger partial charge in [-0.2, -0.15) is 0 Å². The van der Waals surface area contributed by atoms with Gasteiger partial charge in [-0.25, -0.2) is 0 Å². The summed E-state index contributed by atoms with van der Waals surface area (Å²) >= 11 is 0. The molecular weight excluding hydrogens is 438 g/mol. The topological polar surface area (TPSA) is 28.9 Å². The zero-order chi connectivity index (χ0) is 23.6. The SMILES string of the molecule is c1ccc2cc(-c3ccc4[nH]c5ccc(-c6cccc7c6oc6ccccc67)cc5c4c3)ccc2c1. The van der Waals surface area contributed by atoms with E-state index in [0.29, 0.717) is 0 Å². The number of para-hydroxylation sites is 2. The summed E-state index contributed by atoms with van der Waals surface area (Å²) in [6.45, 7) is 0. The number of aromatic nitrogens is 1. The van der Waals surface area contributed by atoms with Crippen molar-refractivity contribution < 1.29 is 4.42 Å². The lowest BCUT2D eigenvalue weighted by Crippen LogP contribution is -1.80. The molecule has 1 N–H and O–H groups in total. The van der Waals surface area contributed by atoms with Crippen LogP contribution in [0.4, 0.5) is 0 Å². The molecule has 2 nitrogen and oxygen atoms in total. The quantitative estimate of drug-likeness (QED) is 0.274. The summed E-state index contributed by atoms with van der Waals surface area (Å²) < 4.78 is 6.32. The van der Waals surface area contributed by atoms with E-state index in [1.165, 1.54) is 32.7 Å². The highest BCUT2D eigenvalue weighted by Crippen LogP contribution is 2.38. The number of H-pyrrole nitrogens is 1. The summed E-state index contributed by atoms with van der Waals surface area (Å²) in [5.41, 5.74) is 8.87. The van der Waals surface area contributed by atoms with Crippen molar-refractivity contribution in [3.63, 3.8) is 0 Å². The second-order valence-corrected chi connectivity index (χ2v) is 9.49. The fraction of sp³-hybridized carbons (Fsp3) is 0. The number of nitrogens with one attached hydrogen (secondary N) is 1. The van der Waals surface area contributed by atoms with Crippen LogP contribution in [0.25, 0.3) is 76.8 Å². The second kappa shape index (κ2) is 7.34. The minimum absolute atomic E-state index is 0.924. The Morgan fingerprint density at radius 1 is 0.444 bits per heavy atom. The molecule has 0 aliphatic rings. The standard InChI is InChI=1S/C34H21NO/c1-2-7-22-18-23(13-12-21(22)6-1)24-14-16-31-29(19-24)30-20-25(15-17-32(30)35-31)26-9-5-10-28-27-8-3-4-11-33(27)36-34(26)28/h1-20,35H. The van der Waals surface area contributed by atoms with Gasteiger partial charge < -0.3 is 9.40 Å². The van der Waals surface area contributed by atoms with Gasteiger partial charge in [0.05, 0.1) is 0 Å². The van der Waals surface area contributed by atoms with E-state index < -0.39 is 0 Å². The molecule has 0 fully saturated rings. The first-order chi connectivity index (χ1) is 17.8. The van der Waals surface area contributed by atoms with Crippen LogP contribution in [0.3, 0.4) is 0 Å². The average molecular weight is 460 g/mol. The molecule has 2 heteroatoms. The van der Waals surface area contributed by atoms with E-state index in [0.717, 1.165) is 44.1 Å². The van der Waals surface area contributed by atoms with Crippen molar-refractivity contribution in [3.05, 3.63) is 121 Å². The number of rotatable bonds is 2. The molecule has 8 aromatic rings. The van der Waals surface area contributed by atoms with Gasteiger partial charge in [-0.05, 0) is 63.9 Å². The summed E-state index contributed by atoms with van der Waals surface area (Å²) in [5, 5.41) is 7.28.